The first kappa shape index (κ1) is 18.9. The Morgan fingerprint density at radius 2 is 1.85 bits per heavy atom. The molecule has 2 heterocycles. The molecule has 0 saturated carbocycles. The normalized spacial score (nSPS) is 15.8. The SMILES string of the molecule is CCOC(=O)N1CCC(NC(=O)C(c2ccccc2)c2ccccn2)CC1. The van der Waals surface area contributed by atoms with Crippen LogP contribution < -0.4 is 5.32 Å². The van der Waals surface area contributed by atoms with Crippen molar-refractivity contribution in [2.24, 2.45) is 0 Å². The lowest BCUT2D eigenvalue weighted by Crippen LogP contribution is -2.47. The van der Waals surface area contributed by atoms with Crippen molar-refractivity contribution in [3.63, 3.8) is 0 Å². The van der Waals surface area contributed by atoms with E-state index in [0.29, 0.717) is 32.5 Å². The van der Waals surface area contributed by atoms with Crippen molar-refractivity contribution in [2.45, 2.75) is 31.7 Å². The molecule has 0 bridgehead atoms. The second-order valence-electron chi connectivity index (χ2n) is 6.57. The average Bonchev–Trinajstić information content (AvgIpc) is 2.70. The molecule has 0 aliphatic carbocycles. The molecule has 1 aromatic carbocycles. The van der Waals surface area contributed by atoms with Crippen LogP contribution in [0.5, 0.6) is 0 Å². The number of piperidine rings is 1. The molecule has 6 heteroatoms. The van der Waals surface area contributed by atoms with Gasteiger partial charge >= 0.3 is 6.09 Å². The number of pyridine rings is 1. The van der Waals surface area contributed by atoms with Gasteiger partial charge in [0.15, 0.2) is 0 Å². The molecule has 0 radical (unpaired) electrons. The van der Waals surface area contributed by atoms with Gasteiger partial charge in [-0.15, -0.1) is 0 Å². The summed E-state index contributed by atoms with van der Waals surface area (Å²) in [6.07, 6.45) is 2.86. The third-order valence-corrected chi connectivity index (χ3v) is 4.75. The van der Waals surface area contributed by atoms with Gasteiger partial charge in [0.25, 0.3) is 0 Å². The van der Waals surface area contributed by atoms with Crippen LogP contribution in [0, 0.1) is 0 Å². The summed E-state index contributed by atoms with van der Waals surface area (Å²) < 4.78 is 5.04. The molecule has 1 N–H and O–H groups in total. The number of nitrogens with zero attached hydrogens (tertiary/aromatic N) is 2. The quantitative estimate of drug-likeness (QED) is 0.882. The summed E-state index contributed by atoms with van der Waals surface area (Å²) in [4.78, 5) is 31.0. The van der Waals surface area contributed by atoms with Gasteiger partial charge in [0, 0.05) is 25.3 Å². The van der Waals surface area contributed by atoms with Gasteiger partial charge in [0.1, 0.15) is 5.92 Å². The maximum atomic E-state index is 13.1. The van der Waals surface area contributed by atoms with Crippen LogP contribution in [-0.4, -0.2) is 47.6 Å². The molecule has 142 valence electrons. The number of hydrogen-bond donors (Lipinski definition) is 1. The van der Waals surface area contributed by atoms with Crippen LogP contribution in [0.3, 0.4) is 0 Å². The van der Waals surface area contributed by atoms with Crippen LogP contribution in [0.2, 0.25) is 0 Å². The monoisotopic (exact) mass is 367 g/mol. The summed E-state index contributed by atoms with van der Waals surface area (Å²) in [5, 5.41) is 3.15. The van der Waals surface area contributed by atoms with E-state index in [2.05, 4.69) is 10.3 Å². The van der Waals surface area contributed by atoms with E-state index in [1.54, 1.807) is 18.0 Å². The van der Waals surface area contributed by atoms with E-state index in [1.165, 1.54) is 0 Å². The number of amides is 2. The number of hydrogen-bond acceptors (Lipinski definition) is 4. The zero-order chi connectivity index (χ0) is 19.1. The third kappa shape index (κ3) is 4.84. The predicted molar refractivity (Wildman–Crippen MR) is 102 cm³/mol. The van der Waals surface area contributed by atoms with Crippen molar-refractivity contribution in [1.29, 1.82) is 0 Å². The van der Waals surface area contributed by atoms with E-state index in [9.17, 15) is 9.59 Å². The van der Waals surface area contributed by atoms with Gasteiger partial charge in [0.2, 0.25) is 5.91 Å². The van der Waals surface area contributed by atoms with Gasteiger partial charge in [-0.3, -0.25) is 9.78 Å². The minimum absolute atomic E-state index is 0.0399. The van der Waals surface area contributed by atoms with Crippen molar-refractivity contribution >= 4 is 12.0 Å². The number of carbonyl (C=O) groups excluding carboxylic acids is 2. The molecule has 6 nitrogen and oxygen atoms in total. The van der Waals surface area contributed by atoms with Crippen molar-refractivity contribution < 1.29 is 14.3 Å². The van der Waals surface area contributed by atoms with Crippen molar-refractivity contribution in [2.75, 3.05) is 19.7 Å². The fraction of sp³-hybridized carbons (Fsp3) is 0.381. The van der Waals surface area contributed by atoms with Crippen LogP contribution in [0.1, 0.15) is 36.9 Å². The highest BCUT2D eigenvalue weighted by molar-refractivity contribution is 5.86. The number of carbonyl (C=O) groups is 2. The minimum atomic E-state index is -0.449. The maximum Gasteiger partial charge on any atom is 0.409 e. The van der Waals surface area contributed by atoms with Crippen molar-refractivity contribution in [1.82, 2.24) is 15.2 Å². The predicted octanol–water partition coefficient (Wildman–Crippen LogP) is 2.95. The molecule has 3 rings (SSSR count). The Bertz CT molecular complexity index is 704. The van der Waals surface area contributed by atoms with E-state index in [-0.39, 0.29) is 18.0 Å². The first-order chi connectivity index (χ1) is 13.2. The second kappa shape index (κ2) is 9.16. The Balaban J connectivity index is 1.67. The molecule has 27 heavy (non-hydrogen) atoms. The summed E-state index contributed by atoms with van der Waals surface area (Å²) >= 11 is 0. The molecule has 1 atom stereocenters. The van der Waals surface area contributed by atoms with Gasteiger partial charge in [-0.2, -0.15) is 0 Å². The molecule has 1 aromatic heterocycles. The summed E-state index contributed by atoms with van der Waals surface area (Å²) in [6, 6.07) is 15.3. The van der Waals surface area contributed by atoms with Gasteiger partial charge in [-0.25, -0.2) is 4.79 Å². The molecular formula is C21H25N3O3. The largest absolute Gasteiger partial charge is 0.450 e. The van der Waals surface area contributed by atoms with Crippen molar-refractivity contribution in [3.8, 4) is 0 Å². The molecule has 0 spiro atoms. The number of likely N-dealkylation sites (tertiary alicyclic amines) is 1. The number of nitrogens with one attached hydrogen (secondary N) is 1. The Morgan fingerprint density at radius 3 is 2.48 bits per heavy atom. The highest BCUT2D eigenvalue weighted by atomic mass is 16.6. The Hall–Kier alpha value is -2.89. The van der Waals surface area contributed by atoms with Gasteiger partial charge < -0.3 is 15.0 Å². The first-order valence-electron chi connectivity index (χ1n) is 9.37. The minimum Gasteiger partial charge on any atom is -0.450 e. The molecule has 1 aliphatic heterocycles. The average molecular weight is 367 g/mol. The fourth-order valence-electron chi connectivity index (χ4n) is 3.35. The van der Waals surface area contributed by atoms with Crippen LogP contribution in [0.15, 0.2) is 54.7 Å². The van der Waals surface area contributed by atoms with E-state index >= 15 is 0 Å². The zero-order valence-corrected chi connectivity index (χ0v) is 15.5. The highest BCUT2D eigenvalue weighted by Gasteiger charge is 2.29. The second-order valence-corrected chi connectivity index (χ2v) is 6.57. The molecule has 2 amide bonds. The molecule has 2 aromatic rings. The lowest BCUT2D eigenvalue weighted by Gasteiger charge is -2.32. The summed E-state index contributed by atoms with van der Waals surface area (Å²) in [5.41, 5.74) is 1.64. The van der Waals surface area contributed by atoms with Gasteiger partial charge in [-0.05, 0) is 37.5 Å². The number of benzene rings is 1. The van der Waals surface area contributed by atoms with Crippen LogP contribution in [0.25, 0.3) is 0 Å². The van der Waals surface area contributed by atoms with Crippen LogP contribution in [-0.2, 0) is 9.53 Å². The smallest absolute Gasteiger partial charge is 0.409 e. The van der Waals surface area contributed by atoms with Gasteiger partial charge in [0.05, 0.1) is 12.3 Å². The lowest BCUT2D eigenvalue weighted by molar-refractivity contribution is -0.122. The van der Waals surface area contributed by atoms with Crippen LogP contribution in [0.4, 0.5) is 4.79 Å². The maximum absolute atomic E-state index is 13.1. The molecule has 1 unspecified atom stereocenters. The topological polar surface area (TPSA) is 71.5 Å². The van der Waals surface area contributed by atoms with E-state index < -0.39 is 5.92 Å². The Morgan fingerprint density at radius 1 is 1.15 bits per heavy atom. The van der Waals surface area contributed by atoms with E-state index in [0.717, 1.165) is 11.3 Å². The number of ether oxygens (including phenoxy) is 1. The standard InChI is InChI=1S/C21H25N3O3/c1-2-27-21(26)24-14-11-17(12-15-24)23-20(25)19(16-8-4-3-5-9-16)18-10-6-7-13-22-18/h3-10,13,17,19H,2,11-12,14-15H2,1H3,(H,23,25). The summed E-state index contributed by atoms with van der Waals surface area (Å²) in [6.45, 7) is 3.34. The van der Waals surface area contributed by atoms with Gasteiger partial charge in [-0.1, -0.05) is 36.4 Å². The molecule has 1 aliphatic rings. The zero-order valence-electron chi connectivity index (χ0n) is 15.5. The first-order valence-corrected chi connectivity index (χ1v) is 9.37. The Labute approximate surface area is 159 Å². The van der Waals surface area contributed by atoms with E-state index in [1.807, 2.05) is 48.5 Å². The van der Waals surface area contributed by atoms with E-state index in [4.69, 9.17) is 4.74 Å². The Kier molecular flexibility index (Phi) is 6.41. The number of rotatable bonds is 5. The molecular weight excluding hydrogens is 342 g/mol. The fourth-order valence-corrected chi connectivity index (χ4v) is 3.35. The molecule has 1 fully saturated rings. The highest BCUT2D eigenvalue weighted by Crippen LogP contribution is 2.24. The van der Waals surface area contributed by atoms with Crippen molar-refractivity contribution in [3.05, 3.63) is 66.0 Å². The summed E-state index contributed by atoms with van der Waals surface area (Å²) in [5.74, 6) is -0.509. The summed E-state index contributed by atoms with van der Waals surface area (Å²) in [7, 11) is 0. The third-order valence-electron chi connectivity index (χ3n) is 4.75. The number of aromatic nitrogens is 1. The van der Waals surface area contributed by atoms with Crippen LogP contribution >= 0.6 is 0 Å². The molecule has 1 saturated heterocycles. The lowest BCUT2D eigenvalue weighted by atomic mass is 9.93.